The second-order valence-corrected chi connectivity index (χ2v) is 4.38. The first-order valence-corrected chi connectivity index (χ1v) is 6.07. The molecule has 2 aromatic rings. The molecular weight excluding hydrogens is 216 g/mol. The van der Waals surface area contributed by atoms with E-state index in [4.69, 9.17) is 0 Å². The Kier molecular flexibility index (Phi) is 2.52. The van der Waals surface area contributed by atoms with Crippen molar-refractivity contribution in [1.82, 2.24) is 4.49 Å². The largest absolute Gasteiger partial charge is 0.282 e. The molecule has 0 aliphatic carbocycles. The number of aryl methyl sites for hydroxylation is 1. The number of carbonyl (C=O) groups is 1. The molecule has 0 N–H and O–H groups in total. The Bertz CT molecular complexity index is 493. The van der Waals surface area contributed by atoms with Gasteiger partial charge in [-0.1, -0.05) is 22.5 Å². The van der Waals surface area contributed by atoms with Crippen LogP contribution in [0.4, 0.5) is 0 Å². The Morgan fingerprint density at radius 1 is 1.57 bits per heavy atom. The van der Waals surface area contributed by atoms with Crippen LogP contribution in [0.2, 0.25) is 0 Å². The van der Waals surface area contributed by atoms with Crippen molar-refractivity contribution in [2.45, 2.75) is 0 Å². The van der Waals surface area contributed by atoms with Crippen LogP contribution in [0.3, 0.4) is 0 Å². The highest BCUT2D eigenvalue weighted by molar-refractivity contribution is 8.13. The first-order chi connectivity index (χ1) is 6.74. The van der Waals surface area contributed by atoms with E-state index in [9.17, 15) is 4.79 Å². The number of thioether (sulfide) groups is 1. The molecule has 0 fully saturated rings. The topological polar surface area (TPSA) is 33.8 Å². The van der Waals surface area contributed by atoms with Gasteiger partial charge in [0.1, 0.15) is 4.70 Å². The zero-order valence-corrected chi connectivity index (χ0v) is 9.48. The normalized spacial score (nSPS) is 10.7. The van der Waals surface area contributed by atoms with E-state index in [-0.39, 0.29) is 5.12 Å². The number of benzene rings is 1. The molecule has 0 unspecified atom stereocenters. The van der Waals surface area contributed by atoms with Gasteiger partial charge in [0.2, 0.25) is 5.12 Å². The third-order valence-electron chi connectivity index (χ3n) is 2.00. The van der Waals surface area contributed by atoms with Gasteiger partial charge in [-0.3, -0.25) is 4.79 Å². The van der Waals surface area contributed by atoms with E-state index in [0.29, 0.717) is 0 Å². The van der Waals surface area contributed by atoms with Crippen LogP contribution in [0.25, 0.3) is 10.2 Å². The van der Waals surface area contributed by atoms with Crippen LogP contribution in [0.5, 0.6) is 0 Å². The lowest BCUT2D eigenvalue weighted by molar-refractivity contribution is -0.698. The van der Waals surface area contributed by atoms with E-state index in [1.165, 1.54) is 23.3 Å². The maximum absolute atomic E-state index is 11.6. The minimum absolute atomic E-state index is 0.0971. The lowest BCUT2D eigenvalue weighted by Gasteiger charge is -1.94. The zero-order valence-electron chi connectivity index (χ0n) is 7.85. The molecule has 0 radical (unpaired) electrons. The molecule has 1 heterocycles. The highest BCUT2D eigenvalue weighted by Crippen LogP contribution is 2.22. The minimum atomic E-state index is 0.0971. The average molecular weight is 225 g/mol. The second-order valence-electron chi connectivity index (χ2n) is 2.84. The number of aromatic nitrogens is 2. The summed E-state index contributed by atoms with van der Waals surface area (Å²) >= 11 is 2.60. The Labute approximate surface area is 89.9 Å². The molecule has 0 saturated heterocycles. The van der Waals surface area contributed by atoms with E-state index in [0.717, 1.165) is 15.8 Å². The van der Waals surface area contributed by atoms with Crippen LogP contribution >= 0.6 is 23.3 Å². The Balaban J connectivity index is 2.71. The van der Waals surface area contributed by atoms with Crippen molar-refractivity contribution in [3.05, 3.63) is 23.8 Å². The molecule has 1 aromatic heterocycles. The van der Waals surface area contributed by atoms with E-state index >= 15 is 0 Å². The van der Waals surface area contributed by atoms with Crippen molar-refractivity contribution < 1.29 is 9.48 Å². The quantitative estimate of drug-likeness (QED) is 0.692. The van der Waals surface area contributed by atoms with Crippen LogP contribution in [-0.2, 0) is 7.05 Å². The fourth-order valence-electron chi connectivity index (χ4n) is 1.29. The summed E-state index contributed by atoms with van der Waals surface area (Å²) in [7, 11) is 1.88. The molecular formula is C9H9N2OS2+. The van der Waals surface area contributed by atoms with E-state index in [2.05, 4.69) is 4.49 Å². The zero-order chi connectivity index (χ0) is 10.1. The number of hydrogen-bond donors (Lipinski definition) is 0. The smallest absolute Gasteiger partial charge is 0.252 e. The first kappa shape index (κ1) is 9.61. The fourth-order valence-corrected chi connectivity index (χ4v) is 2.59. The molecule has 3 nitrogen and oxygen atoms in total. The van der Waals surface area contributed by atoms with Crippen LogP contribution in [0, 0.1) is 0 Å². The van der Waals surface area contributed by atoms with Crippen LogP contribution in [-0.4, -0.2) is 15.9 Å². The molecule has 72 valence electrons. The molecule has 2 rings (SSSR count). The SMILES string of the molecule is CSC(=O)c1cccc2c1sn[n+]2C. The van der Waals surface area contributed by atoms with E-state index < -0.39 is 0 Å². The third kappa shape index (κ3) is 1.42. The summed E-state index contributed by atoms with van der Waals surface area (Å²) in [6, 6.07) is 5.70. The molecule has 0 atom stereocenters. The van der Waals surface area contributed by atoms with Crippen LogP contribution in [0.1, 0.15) is 10.4 Å². The number of fused-ring (bicyclic) bond motifs is 1. The molecule has 0 bridgehead atoms. The Morgan fingerprint density at radius 2 is 2.36 bits per heavy atom. The summed E-state index contributed by atoms with van der Waals surface area (Å²) < 4.78 is 6.93. The summed E-state index contributed by atoms with van der Waals surface area (Å²) in [6.07, 6.45) is 1.79. The maximum atomic E-state index is 11.6. The molecule has 5 heteroatoms. The van der Waals surface area contributed by atoms with Crippen LogP contribution in [0.15, 0.2) is 18.2 Å². The predicted molar refractivity (Wildman–Crippen MR) is 58.6 cm³/mol. The lowest BCUT2D eigenvalue weighted by Crippen LogP contribution is -2.29. The minimum Gasteiger partial charge on any atom is -0.282 e. The van der Waals surface area contributed by atoms with Gasteiger partial charge in [-0.2, -0.15) is 0 Å². The molecule has 0 saturated carbocycles. The second kappa shape index (κ2) is 3.67. The average Bonchev–Trinajstić information content (AvgIpc) is 2.59. The van der Waals surface area contributed by atoms with Gasteiger partial charge in [-0.25, -0.2) is 0 Å². The van der Waals surface area contributed by atoms with Gasteiger partial charge in [0, 0.05) is 17.6 Å². The van der Waals surface area contributed by atoms with Gasteiger partial charge in [0.25, 0.3) is 5.52 Å². The molecule has 0 amide bonds. The fraction of sp³-hybridized carbons (Fsp3) is 0.222. The van der Waals surface area contributed by atoms with Gasteiger partial charge in [0.05, 0.1) is 10.1 Å². The molecule has 0 spiro atoms. The number of rotatable bonds is 1. The van der Waals surface area contributed by atoms with Gasteiger partial charge < -0.3 is 0 Å². The van der Waals surface area contributed by atoms with Crippen molar-refractivity contribution >= 4 is 38.6 Å². The predicted octanol–water partition coefficient (Wildman–Crippen LogP) is 1.62. The maximum Gasteiger partial charge on any atom is 0.252 e. The first-order valence-electron chi connectivity index (χ1n) is 4.07. The van der Waals surface area contributed by atoms with Gasteiger partial charge in [0.15, 0.2) is 7.05 Å². The van der Waals surface area contributed by atoms with Crippen molar-refractivity contribution in [1.29, 1.82) is 0 Å². The molecule has 0 aliphatic rings. The van der Waals surface area contributed by atoms with Gasteiger partial charge >= 0.3 is 0 Å². The standard InChI is InChI=1S/C9H9N2OS2/c1-11-7-5-3-4-6(9(12)13-2)8(7)14-10-11/h3-5H,1-2H3/q+1. The van der Waals surface area contributed by atoms with Gasteiger partial charge in [-0.15, -0.1) is 0 Å². The van der Waals surface area contributed by atoms with E-state index in [1.807, 2.05) is 25.2 Å². The van der Waals surface area contributed by atoms with Crippen molar-refractivity contribution in [3.63, 3.8) is 0 Å². The molecule has 14 heavy (non-hydrogen) atoms. The van der Waals surface area contributed by atoms with Crippen molar-refractivity contribution in [2.24, 2.45) is 7.05 Å². The summed E-state index contributed by atoms with van der Waals surface area (Å²) in [5.74, 6) is 0. The monoisotopic (exact) mass is 225 g/mol. The summed E-state index contributed by atoms with van der Waals surface area (Å²) in [6.45, 7) is 0. The Hall–Kier alpha value is -0.940. The van der Waals surface area contributed by atoms with Crippen molar-refractivity contribution in [2.75, 3.05) is 6.26 Å². The molecule has 1 aromatic carbocycles. The highest BCUT2D eigenvalue weighted by atomic mass is 32.2. The third-order valence-corrected chi connectivity index (χ3v) is 3.53. The van der Waals surface area contributed by atoms with Crippen molar-refractivity contribution in [3.8, 4) is 0 Å². The summed E-state index contributed by atoms with van der Waals surface area (Å²) in [5.41, 5.74) is 1.77. The number of hydrogen-bond acceptors (Lipinski definition) is 4. The van der Waals surface area contributed by atoms with Gasteiger partial charge in [-0.05, 0) is 12.3 Å². The highest BCUT2D eigenvalue weighted by Gasteiger charge is 2.17. The van der Waals surface area contributed by atoms with E-state index in [1.54, 1.807) is 10.9 Å². The number of nitrogens with zero attached hydrogens (tertiary/aromatic N) is 2. The summed E-state index contributed by atoms with van der Waals surface area (Å²) in [4.78, 5) is 11.6. The Morgan fingerprint density at radius 3 is 3.07 bits per heavy atom. The lowest BCUT2D eigenvalue weighted by atomic mass is 10.2. The molecule has 0 aliphatic heterocycles. The van der Waals surface area contributed by atoms with Crippen LogP contribution < -0.4 is 4.68 Å². The summed E-state index contributed by atoms with van der Waals surface area (Å²) in [5, 5.41) is 0.0971. The number of carbonyl (C=O) groups excluding carboxylic acids is 1.